The summed E-state index contributed by atoms with van der Waals surface area (Å²) in [6, 6.07) is 5.45. The van der Waals surface area contributed by atoms with Crippen molar-refractivity contribution in [1.82, 2.24) is 5.32 Å². The number of halogens is 2. The maximum atomic E-state index is 12.0. The Hall–Kier alpha value is -0.620. The van der Waals surface area contributed by atoms with E-state index >= 15 is 0 Å². The molecule has 0 aromatic heterocycles. The first kappa shape index (κ1) is 16.7. The number of rotatable bonds is 5. The summed E-state index contributed by atoms with van der Waals surface area (Å²) in [4.78, 5) is 12.0. The minimum atomic E-state index is -0.146. The van der Waals surface area contributed by atoms with Gasteiger partial charge in [0, 0.05) is 27.6 Å². The Kier molecular flexibility index (Phi) is 6.48. The second-order valence-corrected chi connectivity index (χ2v) is 6.67. The molecule has 3 N–H and O–H groups in total. The molecule has 0 radical (unpaired) electrons. The number of ether oxygens (including phenoxy) is 1. The van der Waals surface area contributed by atoms with E-state index in [4.69, 9.17) is 22.1 Å². The Morgan fingerprint density at radius 2 is 2.05 bits per heavy atom. The molecular formula is C15H20BrClN2O2. The van der Waals surface area contributed by atoms with Crippen molar-refractivity contribution >= 4 is 33.4 Å². The van der Waals surface area contributed by atoms with Crippen LogP contribution >= 0.6 is 27.5 Å². The third kappa shape index (κ3) is 5.58. The largest absolute Gasteiger partial charge is 0.376 e. The van der Waals surface area contributed by atoms with E-state index in [0.717, 1.165) is 30.2 Å². The van der Waals surface area contributed by atoms with Gasteiger partial charge in [0.2, 0.25) is 0 Å². The first-order valence-electron chi connectivity index (χ1n) is 7.16. The van der Waals surface area contributed by atoms with Crippen LogP contribution in [0.2, 0.25) is 5.02 Å². The minimum absolute atomic E-state index is 0.146. The molecule has 21 heavy (non-hydrogen) atoms. The Morgan fingerprint density at radius 3 is 2.71 bits per heavy atom. The molecule has 2 rings (SSSR count). The van der Waals surface area contributed by atoms with Crippen LogP contribution < -0.4 is 11.1 Å². The lowest BCUT2D eigenvalue weighted by molar-refractivity contribution is 0.0267. The summed E-state index contributed by atoms with van der Waals surface area (Å²) in [6.45, 7) is 1.01. The van der Waals surface area contributed by atoms with Crippen molar-refractivity contribution in [3.8, 4) is 0 Å². The van der Waals surface area contributed by atoms with Crippen molar-refractivity contribution in [2.24, 2.45) is 5.73 Å². The molecule has 1 aliphatic rings. The fourth-order valence-electron chi connectivity index (χ4n) is 2.43. The third-order valence-corrected chi connectivity index (χ3v) is 4.26. The molecule has 1 saturated carbocycles. The number of nitrogens with two attached hydrogens (primary N) is 1. The Balaban J connectivity index is 1.69. The van der Waals surface area contributed by atoms with E-state index in [1.165, 1.54) is 0 Å². The summed E-state index contributed by atoms with van der Waals surface area (Å²) < 4.78 is 6.55. The molecule has 0 unspecified atom stereocenters. The summed E-state index contributed by atoms with van der Waals surface area (Å²) in [7, 11) is 0. The second kappa shape index (κ2) is 8.13. The van der Waals surface area contributed by atoms with E-state index in [9.17, 15) is 4.79 Å². The number of carbonyl (C=O) groups is 1. The average Bonchev–Trinajstić information content (AvgIpc) is 2.44. The molecule has 116 valence electrons. The molecule has 0 spiro atoms. The topological polar surface area (TPSA) is 64.3 Å². The molecule has 4 nitrogen and oxygen atoms in total. The summed E-state index contributed by atoms with van der Waals surface area (Å²) in [5.41, 5.74) is 6.39. The van der Waals surface area contributed by atoms with Crippen LogP contribution in [-0.2, 0) is 4.74 Å². The monoisotopic (exact) mass is 374 g/mol. The Morgan fingerprint density at radius 1 is 1.33 bits per heavy atom. The van der Waals surface area contributed by atoms with Gasteiger partial charge in [-0.2, -0.15) is 0 Å². The van der Waals surface area contributed by atoms with Gasteiger partial charge in [-0.1, -0.05) is 27.5 Å². The third-order valence-electron chi connectivity index (χ3n) is 3.58. The molecule has 0 heterocycles. The highest BCUT2D eigenvalue weighted by atomic mass is 79.9. The summed E-state index contributed by atoms with van der Waals surface area (Å²) >= 11 is 9.24. The van der Waals surface area contributed by atoms with Crippen LogP contribution in [0.1, 0.15) is 36.0 Å². The van der Waals surface area contributed by atoms with Crippen molar-refractivity contribution < 1.29 is 9.53 Å². The van der Waals surface area contributed by atoms with E-state index < -0.39 is 0 Å². The minimum Gasteiger partial charge on any atom is -0.376 e. The van der Waals surface area contributed by atoms with Gasteiger partial charge in [-0.3, -0.25) is 4.79 Å². The Bertz CT molecular complexity index is 470. The molecule has 6 heteroatoms. The molecule has 1 aromatic carbocycles. The van der Waals surface area contributed by atoms with Gasteiger partial charge in [-0.15, -0.1) is 0 Å². The number of hydrogen-bond donors (Lipinski definition) is 2. The van der Waals surface area contributed by atoms with Crippen LogP contribution in [-0.4, -0.2) is 31.2 Å². The predicted molar refractivity (Wildman–Crippen MR) is 87.7 cm³/mol. The number of nitrogens with one attached hydrogen (secondary N) is 1. The molecule has 1 aromatic rings. The van der Waals surface area contributed by atoms with Gasteiger partial charge < -0.3 is 15.8 Å². The molecular weight excluding hydrogens is 356 g/mol. The van der Waals surface area contributed by atoms with Crippen LogP contribution in [0, 0.1) is 0 Å². The van der Waals surface area contributed by atoms with Crippen molar-refractivity contribution in [1.29, 1.82) is 0 Å². The highest BCUT2D eigenvalue weighted by Gasteiger charge is 2.18. The van der Waals surface area contributed by atoms with Gasteiger partial charge >= 0.3 is 0 Å². The SMILES string of the molecule is NC1CCC(OCCNC(=O)c2cc(Cl)cc(Br)c2)CC1. The van der Waals surface area contributed by atoms with Crippen molar-refractivity contribution in [3.05, 3.63) is 33.3 Å². The zero-order chi connectivity index (χ0) is 15.2. The van der Waals surface area contributed by atoms with Crippen LogP contribution in [0.25, 0.3) is 0 Å². The van der Waals surface area contributed by atoms with E-state index in [-0.39, 0.29) is 12.0 Å². The van der Waals surface area contributed by atoms with E-state index in [0.29, 0.717) is 29.8 Å². The van der Waals surface area contributed by atoms with E-state index in [1.807, 2.05) is 0 Å². The van der Waals surface area contributed by atoms with Crippen LogP contribution in [0.4, 0.5) is 0 Å². The van der Waals surface area contributed by atoms with Crippen molar-refractivity contribution in [2.45, 2.75) is 37.8 Å². The van der Waals surface area contributed by atoms with Crippen molar-refractivity contribution in [2.75, 3.05) is 13.2 Å². The number of carbonyl (C=O) groups excluding carboxylic acids is 1. The molecule has 0 atom stereocenters. The molecule has 0 aliphatic heterocycles. The molecule has 0 bridgehead atoms. The molecule has 1 aliphatic carbocycles. The number of benzene rings is 1. The normalized spacial score (nSPS) is 22.0. The highest BCUT2D eigenvalue weighted by Crippen LogP contribution is 2.20. The summed E-state index contributed by atoms with van der Waals surface area (Å²) in [5, 5.41) is 3.37. The predicted octanol–water partition coefficient (Wildman–Crippen LogP) is 3.12. The van der Waals surface area contributed by atoms with E-state index in [2.05, 4.69) is 21.2 Å². The molecule has 1 amide bonds. The van der Waals surface area contributed by atoms with Gasteiger partial charge in [-0.05, 0) is 43.9 Å². The Labute approximate surface area is 138 Å². The number of amides is 1. The summed E-state index contributed by atoms with van der Waals surface area (Å²) in [6.07, 6.45) is 4.34. The first-order chi connectivity index (χ1) is 10.0. The van der Waals surface area contributed by atoms with Gasteiger partial charge in [-0.25, -0.2) is 0 Å². The van der Waals surface area contributed by atoms with Gasteiger partial charge in [0.05, 0.1) is 12.7 Å². The zero-order valence-corrected chi connectivity index (χ0v) is 14.1. The standard InChI is InChI=1S/C15H20BrClN2O2/c16-11-7-10(8-12(17)9-11)15(20)19-5-6-21-14-3-1-13(18)2-4-14/h7-9,13-14H,1-6,18H2,(H,19,20). The second-order valence-electron chi connectivity index (χ2n) is 5.32. The van der Waals surface area contributed by atoms with Crippen LogP contribution in [0.3, 0.4) is 0 Å². The fraction of sp³-hybridized carbons (Fsp3) is 0.533. The lowest BCUT2D eigenvalue weighted by Gasteiger charge is -2.26. The average molecular weight is 376 g/mol. The highest BCUT2D eigenvalue weighted by molar-refractivity contribution is 9.10. The van der Waals surface area contributed by atoms with Crippen molar-refractivity contribution in [3.63, 3.8) is 0 Å². The van der Waals surface area contributed by atoms with Gasteiger partial charge in [0.1, 0.15) is 0 Å². The maximum absolute atomic E-state index is 12.0. The smallest absolute Gasteiger partial charge is 0.251 e. The van der Waals surface area contributed by atoms with Gasteiger partial charge in [0.25, 0.3) is 5.91 Å². The van der Waals surface area contributed by atoms with E-state index in [1.54, 1.807) is 18.2 Å². The lowest BCUT2D eigenvalue weighted by Crippen LogP contribution is -2.33. The molecule has 1 fully saturated rings. The zero-order valence-electron chi connectivity index (χ0n) is 11.8. The molecule has 0 saturated heterocycles. The fourth-order valence-corrected chi connectivity index (χ4v) is 3.29. The van der Waals surface area contributed by atoms with Crippen LogP contribution in [0.15, 0.2) is 22.7 Å². The van der Waals surface area contributed by atoms with Gasteiger partial charge in [0.15, 0.2) is 0 Å². The van der Waals surface area contributed by atoms with Crippen LogP contribution in [0.5, 0.6) is 0 Å². The maximum Gasteiger partial charge on any atom is 0.251 e. The lowest BCUT2D eigenvalue weighted by atomic mass is 9.94. The summed E-state index contributed by atoms with van der Waals surface area (Å²) in [5.74, 6) is -0.146. The first-order valence-corrected chi connectivity index (χ1v) is 8.33. The quantitative estimate of drug-likeness (QED) is 0.777. The number of hydrogen-bond acceptors (Lipinski definition) is 3.